The zero-order valence-corrected chi connectivity index (χ0v) is 13.1. The van der Waals surface area contributed by atoms with Crippen LogP contribution in [0.15, 0.2) is 29.4 Å². The molecule has 1 aliphatic carbocycles. The fourth-order valence-corrected chi connectivity index (χ4v) is 2.68. The second kappa shape index (κ2) is 8.54. The van der Waals surface area contributed by atoms with Crippen molar-refractivity contribution in [2.45, 2.75) is 32.1 Å². The van der Waals surface area contributed by atoms with Gasteiger partial charge in [0.15, 0.2) is 0 Å². The number of carbonyl (C=O) groups excluding carboxylic acids is 2. The summed E-state index contributed by atoms with van der Waals surface area (Å²) in [5.41, 5.74) is 3.17. The monoisotopic (exact) mass is 321 g/mol. The number of halogens is 1. The van der Waals surface area contributed by atoms with E-state index in [9.17, 15) is 9.59 Å². The predicted molar refractivity (Wildman–Crippen MR) is 86.8 cm³/mol. The van der Waals surface area contributed by atoms with Gasteiger partial charge in [0.1, 0.15) is 0 Å². The normalized spacial score (nSPS) is 15.7. The van der Waals surface area contributed by atoms with Crippen molar-refractivity contribution in [3.05, 3.63) is 34.9 Å². The Bertz CT molecular complexity index is 554. The number of carbonyl (C=O) groups is 2. The third-order valence-corrected chi connectivity index (χ3v) is 3.89. The summed E-state index contributed by atoms with van der Waals surface area (Å²) in [6.07, 6.45) is 6.72. The Balaban J connectivity index is 1.70. The van der Waals surface area contributed by atoms with Gasteiger partial charge in [0, 0.05) is 10.9 Å². The van der Waals surface area contributed by atoms with Gasteiger partial charge in [-0.25, -0.2) is 5.43 Å². The second-order valence-corrected chi connectivity index (χ2v) is 5.84. The summed E-state index contributed by atoms with van der Waals surface area (Å²) in [5, 5.41) is 7.11. The van der Waals surface area contributed by atoms with Crippen molar-refractivity contribution >= 4 is 29.6 Å². The Morgan fingerprint density at radius 2 is 2.05 bits per heavy atom. The number of benzene rings is 1. The van der Waals surface area contributed by atoms with Crippen LogP contribution in [0.2, 0.25) is 5.02 Å². The molecule has 0 bridgehead atoms. The van der Waals surface area contributed by atoms with Crippen molar-refractivity contribution in [3.63, 3.8) is 0 Å². The predicted octanol–water partition coefficient (Wildman–Crippen LogP) is 2.49. The zero-order valence-electron chi connectivity index (χ0n) is 12.3. The molecule has 2 N–H and O–H groups in total. The van der Waals surface area contributed by atoms with Gasteiger partial charge in [0.25, 0.3) is 5.91 Å². The molecule has 0 aromatic heterocycles. The highest BCUT2D eigenvalue weighted by molar-refractivity contribution is 6.30. The molecule has 0 heterocycles. The SMILES string of the molecule is O=C(CNC(=O)C1CCCCC1)N/N=C/c1cccc(Cl)c1. The number of hydrogen-bond donors (Lipinski definition) is 2. The molecule has 1 aromatic carbocycles. The molecule has 1 saturated carbocycles. The van der Waals surface area contributed by atoms with Crippen molar-refractivity contribution in [2.24, 2.45) is 11.0 Å². The van der Waals surface area contributed by atoms with Crippen molar-refractivity contribution in [1.29, 1.82) is 0 Å². The highest BCUT2D eigenvalue weighted by Crippen LogP contribution is 2.23. The van der Waals surface area contributed by atoms with E-state index in [1.807, 2.05) is 6.07 Å². The third-order valence-electron chi connectivity index (χ3n) is 3.65. The molecular formula is C16H20ClN3O2. The van der Waals surface area contributed by atoms with Gasteiger partial charge in [-0.15, -0.1) is 0 Å². The van der Waals surface area contributed by atoms with Crippen LogP contribution in [0, 0.1) is 5.92 Å². The molecule has 5 nitrogen and oxygen atoms in total. The molecule has 6 heteroatoms. The van der Waals surface area contributed by atoms with Crippen molar-refractivity contribution in [3.8, 4) is 0 Å². The minimum absolute atomic E-state index is 0.0336. The first kappa shape index (κ1) is 16.5. The molecular weight excluding hydrogens is 302 g/mol. The van der Waals surface area contributed by atoms with E-state index in [0.717, 1.165) is 31.2 Å². The molecule has 0 atom stereocenters. The number of nitrogens with one attached hydrogen (secondary N) is 2. The molecule has 2 amide bonds. The van der Waals surface area contributed by atoms with Crippen LogP contribution in [0.3, 0.4) is 0 Å². The molecule has 1 fully saturated rings. The average molecular weight is 322 g/mol. The second-order valence-electron chi connectivity index (χ2n) is 5.40. The van der Waals surface area contributed by atoms with E-state index >= 15 is 0 Å². The summed E-state index contributed by atoms with van der Waals surface area (Å²) in [7, 11) is 0. The summed E-state index contributed by atoms with van der Waals surface area (Å²) in [4.78, 5) is 23.5. The van der Waals surface area contributed by atoms with Crippen molar-refractivity contribution in [2.75, 3.05) is 6.54 Å². The number of hydrogen-bond acceptors (Lipinski definition) is 3. The summed E-state index contributed by atoms with van der Waals surface area (Å²) < 4.78 is 0. The average Bonchev–Trinajstić information content (AvgIpc) is 2.53. The maximum absolute atomic E-state index is 11.9. The van der Waals surface area contributed by atoms with Gasteiger partial charge in [-0.3, -0.25) is 9.59 Å². The quantitative estimate of drug-likeness (QED) is 0.646. The van der Waals surface area contributed by atoms with Crippen LogP contribution < -0.4 is 10.7 Å². The minimum Gasteiger partial charge on any atom is -0.347 e. The smallest absolute Gasteiger partial charge is 0.259 e. The first-order chi connectivity index (χ1) is 10.6. The minimum atomic E-state index is -0.345. The van der Waals surface area contributed by atoms with Gasteiger partial charge in [-0.2, -0.15) is 5.10 Å². The number of amides is 2. The lowest BCUT2D eigenvalue weighted by molar-refractivity contribution is -0.129. The van der Waals surface area contributed by atoms with Crippen LogP contribution in [0.5, 0.6) is 0 Å². The van der Waals surface area contributed by atoms with E-state index in [4.69, 9.17) is 11.6 Å². The van der Waals surface area contributed by atoms with Crippen LogP contribution >= 0.6 is 11.6 Å². The maximum atomic E-state index is 11.9. The standard InChI is InChI=1S/C16H20ClN3O2/c17-14-8-4-5-12(9-14)10-19-20-15(21)11-18-16(22)13-6-2-1-3-7-13/h4-5,8-10,13H,1-3,6-7,11H2,(H,18,22)(H,20,21)/b19-10+. The Kier molecular flexibility index (Phi) is 6.40. The number of nitrogens with zero attached hydrogens (tertiary/aromatic N) is 1. The van der Waals surface area contributed by atoms with Gasteiger partial charge in [-0.1, -0.05) is 43.0 Å². The maximum Gasteiger partial charge on any atom is 0.259 e. The molecule has 0 spiro atoms. The van der Waals surface area contributed by atoms with Crippen LogP contribution in [0.1, 0.15) is 37.7 Å². The molecule has 2 rings (SSSR count). The number of rotatable bonds is 5. The zero-order chi connectivity index (χ0) is 15.8. The van der Waals surface area contributed by atoms with Crippen LogP contribution in [-0.4, -0.2) is 24.6 Å². The summed E-state index contributed by atoms with van der Waals surface area (Å²) in [6.45, 7) is -0.0534. The molecule has 0 saturated heterocycles. The Labute approximate surface area is 135 Å². The Hall–Kier alpha value is -1.88. The first-order valence-electron chi connectivity index (χ1n) is 7.50. The van der Waals surface area contributed by atoms with Crippen molar-refractivity contribution in [1.82, 2.24) is 10.7 Å². The largest absolute Gasteiger partial charge is 0.347 e. The lowest BCUT2D eigenvalue weighted by Gasteiger charge is -2.20. The lowest BCUT2D eigenvalue weighted by Crippen LogP contribution is -2.38. The fourth-order valence-electron chi connectivity index (χ4n) is 2.48. The van der Waals surface area contributed by atoms with Crippen molar-refractivity contribution < 1.29 is 9.59 Å². The molecule has 0 aliphatic heterocycles. The van der Waals surface area contributed by atoms with E-state index in [2.05, 4.69) is 15.8 Å². The third kappa shape index (κ3) is 5.48. The van der Waals surface area contributed by atoms with Gasteiger partial charge in [0.05, 0.1) is 12.8 Å². The van der Waals surface area contributed by atoms with Gasteiger partial charge in [-0.05, 0) is 30.5 Å². The summed E-state index contributed by atoms with van der Waals surface area (Å²) >= 11 is 5.85. The molecule has 22 heavy (non-hydrogen) atoms. The summed E-state index contributed by atoms with van der Waals surface area (Å²) in [5.74, 6) is -0.326. The van der Waals surface area contributed by atoms with Crippen LogP contribution in [0.4, 0.5) is 0 Å². The van der Waals surface area contributed by atoms with E-state index < -0.39 is 0 Å². The fraction of sp³-hybridized carbons (Fsp3) is 0.438. The molecule has 118 valence electrons. The first-order valence-corrected chi connectivity index (χ1v) is 7.88. The van der Waals surface area contributed by atoms with E-state index in [1.54, 1.807) is 18.2 Å². The number of hydrazone groups is 1. The van der Waals surface area contributed by atoms with Gasteiger partial charge >= 0.3 is 0 Å². The van der Waals surface area contributed by atoms with E-state index in [1.165, 1.54) is 12.6 Å². The lowest BCUT2D eigenvalue weighted by atomic mass is 9.89. The van der Waals surface area contributed by atoms with Gasteiger partial charge < -0.3 is 5.32 Å². The molecule has 1 aromatic rings. The molecule has 0 radical (unpaired) electrons. The highest BCUT2D eigenvalue weighted by Gasteiger charge is 2.21. The van der Waals surface area contributed by atoms with E-state index in [-0.39, 0.29) is 24.3 Å². The topological polar surface area (TPSA) is 70.6 Å². The van der Waals surface area contributed by atoms with E-state index in [0.29, 0.717) is 5.02 Å². The Morgan fingerprint density at radius 1 is 1.27 bits per heavy atom. The molecule has 1 aliphatic rings. The summed E-state index contributed by atoms with van der Waals surface area (Å²) in [6, 6.07) is 7.13. The van der Waals surface area contributed by atoms with Crippen LogP contribution in [-0.2, 0) is 9.59 Å². The molecule has 0 unspecified atom stereocenters. The van der Waals surface area contributed by atoms with Crippen LogP contribution in [0.25, 0.3) is 0 Å². The Morgan fingerprint density at radius 3 is 2.77 bits per heavy atom. The van der Waals surface area contributed by atoms with Gasteiger partial charge in [0.2, 0.25) is 5.91 Å². The highest BCUT2D eigenvalue weighted by atomic mass is 35.5.